The molecule has 4 rings (SSSR count). The van der Waals surface area contributed by atoms with Crippen molar-refractivity contribution < 1.29 is 32.6 Å². The number of urea groups is 1. The number of nitrogens with zero attached hydrogens (tertiary/aromatic N) is 1. The van der Waals surface area contributed by atoms with Crippen molar-refractivity contribution in [1.82, 2.24) is 15.5 Å². The molecule has 0 unspecified atom stereocenters. The van der Waals surface area contributed by atoms with Gasteiger partial charge in [0.1, 0.15) is 12.6 Å². The average Bonchev–Trinajstić information content (AvgIpc) is 3.30. The predicted octanol–water partition coefficient (Wildman–Crippen LogP) is 3.81. The molecule has 2 aromatic carbocycles. The highest BCUT2D eigenvalue weighted by molar-refractivity contribution is 5.92. The van der Waals surface area contributed by atoms with Crippen LogP contribution < -0.4 is 10.6 Å². The summed E-state index contributed by atoms with van der Waals surface area (Å²) < 4.78 is 37.0. The van der Waals surface area contributed by atoms with E-state index in [9.17, 15) is 23.2 Å². The Morgan fingerprint density at radius 3 is 2.47 bits per heavy atom. The third kappa shape index (κ3) is 5.18. The molecule has 1 aliphatic heterocycles. The number of hydrogen-bond donors (Lipinski definition) is 2. The fraction of sp³-hybridized carbons (Fsp3) is 0.423. The van der Waals surface area contributed by atoms with Crippen LogP contribution >= 0.6 is 0 Å². The molecule has 0 radical (unpaired) electrons. The number of ether oxygens (including phenoxy) is 2. The van der Waals surface area contributed by atoms with Gasteiger partial charge in [-0.2, -0.15) is 0 Å². The van der Waals surface area contributed by atoms with Crippen LogP contribution in [0.25, 0.3) is 0 Å². The maximum Gasteiger partial charge on any atom is 0.418 e. The number of benzene rings is 2. The highest BCUT2D eigenvalue weighted by Crippen LogP contribution is 2.40. The quantitative estimate of drug-likeness (QED) is 0.443. The molecule has 2 N–H and O–H groups in total. The SMILES string of the molecule is COC(=O)C1(c2ccccc2)CCC(NCCNC(=O)N2C(=O)OC[C@@H]2c2ccc(F)c(F)c2)CC1. The predicted molar refractivity (Wildman–Crippen MR) is 126 cm³/mol. The van der Waals surface area contributed by atoms with E-state index in [4.69, 9.17) is 9.47 Å². The van der Waals surface area contributed by atoms with Crippen molar-refractivity contribution in [1.29, 1.82) is 0 Å². The molecule has 36 heavy (non-hydrogen) atoms. The number of halogens is 2. The molecule has 1 saturated heterocycles. The molecule has 1 heterocycles. The molecule has 0 spiro atoms. The van der Waals surface area contributed by atoms with Gasteiger partial charge in [0.2, 0.25) is 0 Å². The zero-order valence-corrected chi connectivity index (χ0v) is 20.0. The number of methoxy groups -OCH3 is 1. The summed E-state index contributed by atoms with van der Waals surface area (Å²) in [6, 6.07) is 11.5. The first-order chi connectivity index (χ1) is 17.4. The van der Waals surface area contributed by atoms with Crippen LogP contribution in [0.15, 0.2) is 48.5 Å². The Hall–Kier alpha value is -3.53. The third-order valence-electron chi connectivity index (χ3n) is 7.00. The molecular formula is C26H29F2N3O5. The first-order valence-electron chi connectivity index (χ1n) is 11.9. The Morgan fingerprint density at radius 1 is 1.08 bits per heavy atom. The van der Waals surface area contributed by atoms with E-state index in [1.807, 2.05) is 30.3 Å². The molecule has 10 heteroatoms. The molecule has 8 nitrogen and oxygen atoms in total. The van der Waals surface area contributed by atoms with Crippen LogP contribution in [0.3, 0.4) is 0 Å². The van der Waals surface area contributed by atoms with Gasteiger partial charge < -0.3 is 20.1 Å². The van der Waals surface area contributed by atoms with Crippen molar-refractivity contribution >= 4 is 18.1 Å². The lowest BCUT2D eigenvalue weighted by atomic mass is 9.68. The maximum absolute atomic E-state index is 13.6. The van der Waals surface area contributed by atoms with E-state index in [1.54, 1.807) is 0 Å². The van der Waals surface area contributed by atoms with E-state index in [0.29, 0.717) is 19.4 Å². The normalized spacial score (nSPS) is 23.8. The first kappa shape index (κ1) is 25.6. The molecular weight excluding hydrogens is 472 g/mol. The summed E-state index contributed by atoms with van der Waals surface area (Å²) in [7, 11) is 1.41. The zero-order valence-electron chi connectivity index (χ0n) is 20.0. The van der Waals surface area contributed by atoms with Crippen molar-refractivity contribution in [2.75, 3.05) is 26.8 Å². The number of nitrogens with one attached hydrogen (secondary N) is 2. The lowest BCUT2D eigenvalue weighted by Gasteiger charge is -2.38. The van der Waals surface area contributed by atoms with Crippen LogP contribution in [0.1, 0.15) is 42.9 Å². The third-order valence-corrected chi connectivity index (χ3v) is 7.00. The van der Waals surface area contributed by atoms with Crippen LogP contribution in [-0.2, 0) is 19.7 Å². The molecule has 1 saturated carbocycles. The van der Waals surface area contributed by atoms with Gasteiger partial charge in [-0.05, 0) is 48.9 Å². The second-order valence-corrected chi connectivity index (χ2v) is 9.04. The van der Waals surface area contributed by atoms with Crippen molar-refractivity contribution in [2.24, 2.45) is 0 Å². The number of amides is 3. The van der Waals surface area contributed by atoms with Gasteiger partial charge in [-0.25, -0.2) is 23.3 Å². The minimum Gasteiger partial charge on any atom is -0.468 e. The monoisotopic (exact) mass is 501 g/mol. The summed E-state index contributed by atoms with van der Waals surface area (Å²) in [5, 5.41) is 6.06. The van der Waals surface area contributed by atoms with Crippen LogP contribution in [0.2, 0.25) is 0 Å². The Bertz CT molecular complexity index is 1110. The fourth-order valence-electron chi connectivity index (χ4n) is 5.02. The lowest BCUT2D eigenvalue weighted by molar-refractivity contribution is -0.149. The molecule has 2 aromatic rings. The van der Waals surface area contributed by atoms with E-state index >= 15 is 0 Å². The van der Waals surface area contributed by atoms with Gasteiger partial charge in [-0.3, -0.25) is 4.79 Å². The number of rotatable bonds is 7. The number of hydrogen-bond acceptors (Lipinski definition) is 6. The molecule has 2 aliphatic rings. The van der Waals surface area contributed by atoms with Gasteiger partial charge in [-0.15, -0.1) is 0 Å². The molecule has 0 bridgehead atoms. The van der Waals surface area contributed by atoms with Crippen LogP contribution in [-0.4, -0.2) is 55.8 Å². The topological polar surface area (TPSA) is 97.0 Å². The van der Waals surface area contributed by atoms with E-state index in [0.717, 1.165) is 35.4 Å². The van der Waals surface area contributed by atoms with Gasteiger partial charge in [0.25, 0.3) is 0 Å². The van der Waals surface area contributed by atoms with Crippen molar-refractivity contribution in [2.45, 2.75) is 43.2 Å². The minimum absolute atomic E-state index is 0.138. The van der Waals surface area contributed by atoms with E-state index in [2.05, 4.69) is 10.6 Å². The largest absolute Gasteiger partial charge is 0.468 e. The Labute approximate surface area is 207 Å². The molecule has 3 amide bonds. The summed E-state index contributed by atoms with van der Waals surface area (Å²) in [5.41, 5.74) is 0.561. The molecule has 1 aliphatic carbocycles. The summed E-state index contributed by atoms with van der Waals surface area (Å²) in [6.07, 6.45) is 1.96. The van der Waals surface area contributed by atoms with Crippen LogP contribution in [0.4, 0.5) is 18.4 Å². The van der Waals surface area contributed by atoms with E-state index < -0.39 is 35.2 Å². The van der Waals surface area contributed by atoms with E-state index in [1.165, 1.54) is 13.2 Å². The van der Waals surface area contributed by atoms with Crippen LogP contribution in [0, 0.1) is 11.6 Å². The van der Waals surface area contributed by atoms with Crippen LogP contribution in [0.5, 0.6) is 0 Å². The van der Waals surface area contributed by atoms with Gasteiger partial charge in [0.15, 0.2) is 11.6 Å². The minimum atomic E-state index is -1.06. The second kappa shape index (κ2) is 11.0. The number of carbonyl (C=O) groups is 3. The molecule has 2 fully saturated rings. The number of imide groups is 1. The molecule has 1 atom stereocenters. The van der Waals surface area contributed by atoms with Crippen molar-refractivity contribution in [3.63, 3.8) is 0 Å². The summed E-state index contributed by atoms with van der Waals surface area (Å²) in [6.45, 7) is 0.553. The Balaban J connectivity index is 1.27. The van der Waals surface area contributed by atoms with E-state index in [-0.39, 0.29) is 30.7 Å². The number of esters is 1. The van der Waals surface area contributed by atoms with Gasteiger partial charge >= 0.3 is 18.1 Å². The Morgan fingerprint density at radius 2 is 1.81 bits per heavy atom. The second-order valence-electron chi connectivity index (χ2n) is 9.04. The standard InChI is InChI=1S/C26H29F2N3O5/c1-35-23(32)26(18-5-3-2-4-6-18)11-9-19(10-12-26)29-13-14-30-24(33)31-22(16-36-25(31)34)17-7-8-20(27)21(28)15-17/h2-8,15,19,22,29H,9-14,16H2,1H3,(H,30,33)/t19?,22-,26?/m1/s1. The van der Waals surface area contributed by atoms with Crippen molar-refractivity contribution in [3.05, 3.63) is 71.3 Å². The highest BCUT2D eigenvalue weighted by Gasteiger charge is 2.44. The molecule has 0 aromatic heterocycles. The maximum atomic E-state index is 13.6. The first-order valence-corrected chi connectivity index (χ1v) is 11.9. The highest BCUT2D eigenvalue weighted by atomic mass is 19.2. The summed E-state index contributed by atoms with van der Waals surface area (Å²) in [4.78, 5) is 38.3. The van der Waals surface area contributed by atoms with Crippen molar-refractivity contribution in [3.8, 4) is 0 Å². The zero-order chi connectivity index (χ0) is 25.7. The summed E-state index contributed by atoms with van der Waals surface area (Å²) >= 11 is 0. The van der Waals surface area contributed by atoms with Gasteiger partial charge in [0, 0.05) is 19.1 Å². The number of cyclic esters (lactones) is 1. The van der Waals surface area contributed by atoms with Gasteiger partial charge in [-0.1, -0.05) is 36.4 Å². The number of carbonyl (C=O) groups excluding carboxylic acids is 3. The smallest absolute Gasteiger partial charge is 0.418 e. The molecule has 192 valence electrons. The lowest BCUT2D eigenvalue weighted by Crippen LogP contribution is -2.47. The summed E-state index contributed by atoms with van der Waals surface area (Å²) in [5.74, 6) is -2.30. The average molecular weight is 502 g/mol. The van der Waals surface area contributed by atoms with Gasteiger partial charge in [0.05, 0.1) is 12.5 Å². The Kier molecular flexibility index (Phi) is 7.83. The fourth-order valence-corrected chi connectivity index (χ4v) is 5.02.